The van der Waals surface area contributed by atoms with Gasteiger partial charge in [0.2, 0.25) is 5.95 Å². The Balaban J connectivity index is 2.00. The van der Waals surface area contributed by atoms with Gasteiger partial charge in [-0.2, -0.15) is 4.98 Å². The van der Waals surface area contributed by atoms with Gasteiger partial charge >= 0.3 is 0 Å². The van der Waals surface area contributed by atoms with Gasteiger partial charge in [0.25, 0.3) is 0 Å². The van der Waals surface area contributed by atoms with Crippen LogP contribution in [0, 0.1) is 13.8 Å². The van der Waals surface area contributed by atoms with Crippen LogP contribution in [0.3, 0.4) is 0 Å². The quantitative estimate of drug-likeness (QED) is 0.733. The van der Waals surface area contributed by atoms with Crippen molar-refractivity contribution in [2.75, 3.05) is 17.2 Å². The third kappa shape index (κ3) is 3.51. The van der Waals surface area contributed by atoms with Crippen LogP contribution in [0.1, 0.15) is 18.1 Å². The van der Waals surface area contributed by atoms with Gasteiger partial charge in [-0.1, -0.05) is 12.1 Å². The van der Waals surface area contributed by atoms with Crippen LogP contribution < -0.4 is 10.6 Å². The van der Waals surface area contributed by atoms with Crippen molar-refractivity contribution < 1.29 is 0 Å². The van der Waals surface area contributed by atoms with Gasteiger partial charge in [-0.25, -0.2) is 4.98 Å². The molecule has 122 valence electrons. The summed E-state index contributed by atoms with van der Waals surface area (Å²) in [5.74, 6) is 1.36. The molecule has 0 atom stereocenters. The van der Waals surface area contributed by atoms with Crippen molar-refractivity contribution in [2.45, 2.75) is 20.8 Å². The zero-order valence-corrected chi connectivity index (χ0v) is 14.2. The first-order valence-electron chi connectivity index (χ1n) is 8.04. The van der Waals surface area contributed by atoms with E-state index in [-0.39, 0.29) is 0 Å². The smallest absolute Gasteiger partial charge is 0.225 e. The number of hydrogen-bond donors (Lipinski definition) is 2. The molecule has 0 saturated carbocycles. The van der Waals surface area contributed by atoms with Gasteiger partial charge in [-0.05, 0) is 50.1 Å². The zero-order valence-electron chi connectivity index (χ0n) is 14.2. The van der Waals surface area contributed by atoms with Crippen LogP contribution in [0.4, 0.5) is 17.5 Å². The Morgan fingerprint density at radius 2 is 1.92 bits per heavy atom. The number of rotatable bonds is 5. The minimum absolute atomic E-state index is 0.603. The normalized spacial score (nSPS) is 10.5. The maximum atomic E-state index is 4.57. The highest BCUT2D eigenvalue weighted by Crippen LogP contribution is 2.25. The molecule has 0 radical (unpaired) electrons. The molecule has 0 amide bonds. The minimum atomic E-state index is 0.603. The summed E-state index contributed by atoms with van der Waals surface area (Å²) in [5, 5.41) is 6.60. The van der Waals surface area contributed by atoms with Crippen molar-refractivity contribution in [2.24, 2.45) is 0 Å². The van der Waals surface area contributed by atoms with Crippen molar-refractivity contribution in [1.29, 1.82) is 0 Å². The SMILES string of the molecule is CCNc1nc(Nc2cccc(C)c2C)cc(-c2cccnc2)n1. The molecule has 2 heterocycles. The van der Waals surface area contributed by atoms with Gasteiger partial charge < -0.3 is 10.6 Å². The average molecular weight is 319 g/mol. The molecule has 0 fully saturated rings. The highest BCUT2D eigenvalue weighted by Gasteiger charge is 2.08. The summed E-state index contributed by atoms with van der Waals surface area (Å²) in [6, 6.07) is 12.0. The molecule has 0 aliphatic heterocycles. The molecular formula is C19H21N5. The summed E-state index contributed by atoms with van der Waals surface area (Å²) in [4.78, 5) is 13.3. The van der Waals surface area contributed by atoms with E-state index in [4.69, 9.17) is 0 Å². The molecule has 2 N–H and O–H groups in total. The van der Waals surface area contributed by atoms with Gasteiger partial charge in [-0.3, -0.25) is 4.98 Å². The van der Waals surface area contributed by atoms with Crippen LogP contribution in [0.5, 0.6) is 0 Å². The van der Waals surface area contributed by atoms with Crippen molar-refractivity contribution >= 4 is 17.5 Å². The van der Waals surface area contributed by atoms with E-state index < -0.39 is 0 Å². The molecule has 0 spiro atoms. The van der Waals surface area contributed by atoms with Crippen LogP contribution in [0.15, 0.2) is 48.8 Å². The fourth-order valence-electron chi connectivity index (χ4n) is 2.44. The van der Waals surface area contributed by atoms with E-state index in [0.29, 0.717) is 5.95 Å². The van der Waals surface area contributed by atoms with Gasteiger partial charge in [0, 0.05) is 36.3 Å². The Kier molecular flexibility index (Phi) is 4.70. The van der Waals surface area contributed by atoms with Crippen LogP contribution in [-0.4, -0.2) is 21.5 Å². The Morgan fingerprint density at radius 1 is 1.04 bits per heavy atom. The van der Waals surface area contributed by atoms with E-state index in [1.54, 1.807) is 12.4 Å². The first kappa shape index (κ1) is 15.9. The van der Waals surface area contributed by atoms with E-state index in [9.17, 15) is 0 Å². The summed E-state index contributed by atoms with van der Waals surface area (Å²) in [6.07, 6.45) is 3.56. The summed E-state index contributed by atoms with van der Waals surface area (Å²) in [7, 11) is 0. The first-order valence-corrected chi connectivity index (χ1v) is 8.04. The third-order valence-electron chi connectivity index (χ3n) is 3.89. The number of pyridine rings is 1. The van der Waals surface area contributed by atoms with E-state index >= 15 is 0 Å². The second kappa shape index (κ2) is 7.08. The number of hydrogen-bond acceptors (Lipinski definition) is 5. The summed E-state index contributed by atoms with van der Waals surface area (Å²) in [6.45, 7) is 7.00. The second-order valence-electron chi connectivity index (χ2n) is 5.61. The first-order chi connectivity index (χ1) is 11.7. The van der Waals surface area contributed by atoms with Crippen molar-refractivity contribution in [1.82, 2.24) is 15.0 Å². The molecule has 24 heavy (non-hydrogen) atoms. The van der Waals surface area contributed by atoms with Gasteiger partial charge in [0.05, 0.1) is 5.69 Å². The van der Waals surface area contributed by atoms with Gasteiger partial charge in [0.1, 0.15) is 5.82 Å². The Hall–Kier alpha value is -2.95. The molecule has 0 bridgehead atoms. The lowest BCUT2D eigenvalue weighted by molar-refractivity contribution is 1.09. The average Bonchev–Trinajstić information content (AvgIpc) is 2.60. The Morgan fingerprint density at radius 3 is 2.67 bits per heavy atom. The van der Waals surface area contributed by atoms with Crippen LogP contribution >= 0.6 is 0 Å². The highest BCUT2D eigenvalue weighted by molar-refractivity contribution is 5.68. The summed E-state index contributed by atoms with van der Waals surface area (Å²) in [5.41, 5.74) is 5.30. The van der Waals surface area contributed by atoms with E-state index in [1.807, 2.05) is 31.2 Å². The van der Waals surface area contributed by atoms with Crippen molar-refractivity contribution in [3.63, 3.8) is 0 Å². The lowest BCUT2D eigenvalue weighted by atomic mass is 10.1. The molecule has 3 rings (SSSR count). The van der Waals surface area contributed by atoms with Crippen LogP contribution in [0.25, 0.3) is 11.3 Å². The summed E-state index contributed by atoms with van der Waals surface area (Å²) < 4.78 is 0. The fraction of sp³-hybridized carbons (Fsp3) is 0.211. The molecule has 0 saturated heterocycles. The Bertz CT molecular complexity index is 830. The standard InChI is InChI=1S/C19H21N5/c1-4-21-19-23-17(15-8-6-10-20-12-15)11-18(24-19)22-16-9-5-7-13(2)14(16)3/h5-12H,4H2,1-3H3,(H2,21,22,23,24). The minimum Gasteiger partial charge on any atom is -0.354 e. The maximum Gasteiger partial charge on any atom is 0.225 e. The predicted molar refractivity (Wildman–Crippen MR) is 98.6 cm³/mol. The Labute approximate surface area is 142 Å². The number of benzene rings is 1. The van der Waals surface area contributed by atoms with Gasteiger partial charge in [-0.15, -0.1) is 0 Å². The highest BCUT2D eigenvalue weighted by atomic mass is 15.1. The number of anilines is 3. The summed E-state index contributed by atoms with van der Waals surface area (Å²) >= 11 is 0. The monoisotopic (exact) mass is 319 g/mol. The lowest BCUT2D eigenvalue weighted by Crippen LogP contribution is -2.06. The zero-order chi connectivity index (χ0) is 16.9. The molecule has 0 aliphatic rings. The third-order valence-corrected chi connectivity index (χ3v) is 3.89. The number of aromatic nitrogens is 3. The van der Waals surface area contributed by atoms with Crippen molar-refractivity contribution in [3.8, 4) is 11.3 Å². The molecule has 3 aromatic rings. The van der Waals surface area contributed by atoms with Crippen LogP contribution in [0.2, 0.25) is 0 Å². The van der Waals surface area contributed by atoms with Gasteiger partial charge in [0.15, 0.2) is 0 Å². The largest absolute Gasteiger partial charge is 0.354 e. The molecule has 0 unspecified atom stereocenters. The lowest BCUT2D eigenvalue weighted by Gasteiger charge is -2.13. The molecule has 5 nitrogen and oxygen atoms in total. The molecular weight excluding hydrogens is 298 g/mol. The van der Waals surface area contributed by atoms with E-state index in [1.165, 1.54) is 11.1 Å². The van der Waals surface area contributed by atoms with E-state index in [0.717, 1.165) is 29.3 Å². The van der Waals surface area contributed by atoms with E-state index in [2.05, 4.69) is 51.6 Å². The second-order valence-corrected chi connectivity index (χ2v) is 5.61. The molecule has 0 aliphatic carbocycles. The number of nitrogens with zero attached hydrogens (tertiary/aromatic N) is 3. The predicted octanol–water partition coefficient (Wildman–Crippen LogP) is 4.33. The number of nitrogens with one attached hydrogen (secondary N) is 2. The topological polar surface area (TPSA) is 62.7 Å². The van der Waals surface area contributed by atoms with Crippen LogP contribution in [-0.2, 0) is 0 Å². The maximum absolute atomic E-state index is 4.57. The fourth-order valence-corrected chi connectivity index (χ4v) is 2.44. The molecule has 5 heteroatoms. The molecule has 1 aromatic carbocycles. The van der Waals surface area contributed by atoms with Crippen molar-refractivity contribution in [3.05, 3.63) is 59.9 Å². The molecule has 2 aromatic heterocycles. The number of aryl methyl sites for hydroxylation is 1.